The van der Waals surface area contributed by atoms with E-state index in [1.807, 2.05) is 0 Å². The van der Waals surface area contributed by atoms with Gasteiger partial charge >= 0.3 is 5.97 Å². The van der Waals surface area contributed by atoms with Crippen LogP contribution in [0.1, 0.15) is 17.3 Å². The van der Waals surface area contributed by atoms with Gasteiger partial charge in [0.25, 0.3) is 5.91 Å². The lowest BCUT2D eigenvalue weighted by Crippen LogP contribution is -2.28. The molecule has 0 aliphatic heterocycles. The maximum atomic E-state index is 11.1. The molecule has 0 bridgehead atoms. The highest BCUT2D eigenvalue weighted by molar-refractivity contribution is 5.89. The van der Waals surface area contributed by atoms with Crippen molar-refractivity contribution >= 4 is 17.6 Å². The minimum atomic E-state index is -1.06. The minimum absolute atomic E-state index is 0.0767. The Morgan fingerprint density at radius 3 is 2.71 bits per heavy atom. The van der Waals surface area contributed by atoms with E-state index < -0.39 is 5.97 Å². The van der Waals surface area contributed by atoms with Crippen molar-refractivity contribution in [1.82, 2.24) is 5.32 Å². The first-order chi connectivity index (χ1) is 8.04. The molecule has 0 saturated heterocycles. The lowest BCUT2D eigenvalue weighted by Gasteiger charge is -2.09. The Bertz CT molecular complexity index is 431. The van der Waals surface area contributed by atoms with Gasteiger partial charge in [0.2, 0.25) is 0 Å². The van der Waals surface area contributed by atoms with Gasteiger partial charge in [-0.1, -0.05) is 0 Å². The van der Waals surface area contributed by atoms with Crippen molar-refractivity contribution in [2.75, 3.05) is 18.9 Å². The van der Waals surface area contributed by atoms with Crippen LogP contribution < -0.4 is 15.8 Å². The first kappa shape index (κ1) is 12.8. The quantitative estimate of drug-likeness (QED) is 0.648. The predicted octanol–water partition coefficient (Wildman–Crippen LogP) is 0.482. The van der Waals surface area contributed by atoms with Crippen molar-refractivity contribution in [1.29, 1.82) is 0 Å². The number of benzene rings is 1. The predicted molar refractivity (Wildman–Crippen MR) is 62.0 cm³/mol. The molecule has 0 aliphatic carbocycles. The number of carboxylic acids is 1. The second-order valence-electron chi connectivity index (χ2n) is 3.30. The summed E-state index contributed by atoms with van der Waals surface area (Å²) >= 11 is 0. The molecular weight excluding hydrogens is 224 g/mol. The van der Waals surface area contributed by atoms with Gasteiger partial charge in [-0.05, 0) is 25.1 Å². The van der Waals surface area contributed by atoms with Crippen LogP contribution in [0.3, 0.4) is 0 Å². The van der Waals surface area contributed by atoms with Crippen LogP contribution in [0, 0.1) is 0 Å². The van der Waals surface area contributed by atoms with Gasteiger partial charge in [-0.2, -0.15) is 0 Å². The number of amides is 1. The molecule has 0 heterocycles. The van der Waals surface area contributed by atoms with Gasteiger partial charge in [-0.15, -0.1) is 0 Å². The van der Waals surface area contributed by atoms with Gasteiger partial charge in [0.15, 0.2) is 6.61 Å². The number of carboxylic acid groups (broad SMARTS) is 1. The average Bonchev–Trinajstić information content (AvgIpc) is 2.27. The molecule has 0 aromatic heterocycles. The molecule has 0 saturated carbocycles. The second kappa shape index (κ2) is 5.74. The molecule has 6 heteroatoms. The largest absolute Gasteiger partial charge is 0.482 e. The average molecular weight is 238 g/mol. The second-order valence-corrected chi connectivity index (χ2v) is 3.30. The van der Waals surface area contributed by atoms with E-state index in [4.69, 9.17) is 15.6 Å². The fraction of sp³-hybridized carbons (Fsp3) is 0.273. The number of carbonyl (C=O) groups excluding carboxylic acids is 1. The molecule has 17 heavy (non-hydrogen) atoms. The molecule has 0 radical (unpaired) electrons. The van der Waals surface area contributed by atoms with Gasteiger partial charge in [0.1, 0.15) is 5.75 Å². The molecule has 0 atom stereocenters. The van der Waals surface area contributed by atoms with E-state index in [9.17, 15) is 9.59 Å². The molecule has 1 rings (SSSR count). The maximum absolute atomic E-state index is 11.1. The van der Waals surface area contributed by atoms with Crippen molar-refractivity contribution in [2.45, 2.75) is 6.92 Å². The van der Waals surface area contributed by atoms with E-state index in [0.717, 1.165) is 0 Å². The van der Waals surface area contributed by atoms with E-state index in [2.05, 4.69) is 5.32 Å². The maximum Gasteiger partial charge on any atom is 0.335 e. The summed E-state index contributed by atoms with van der Waals surface area (Å²) in [7, 11) is 0. The molecule has 6 nitrogen and oxygen atoms in total. The number of carbonyl (C=O) groups is 2. The summed E-state index contributed by atoms with van der Waals surface area (Å²) in [6.07, 6.45) is 0. The van der Waals surface area contributed by atoms with Crippen molar-refractivity contribution in [3.8, 4) is 5.75 Å². The number of likely N-dealkylation sites (N-methyl/N-ethyl adjacent to an activating group) is 1. The van der Waals surface area contributed by atoms with E-state index in [1.165, 1.54) is 18.2 Å². The van der Waals surface area contributed by atoms with Crippen molar-refractivity contribution in [2.24, 2.45) is 0 Å². The van der Waals surface area contributed by atoms with E-state index in [-0.39, 0.29) is 23.8 Å². The third kappa shape index (κ3) is 3.67. The number of nitrogens with one attached hydrogen (secondary N) is 1. The van der Waals surface area contributed by atoms with Gasteiger partial charge in [-0.3, -0.25) is 4.79 Å². The number of aromatic carboxylic acids is 1. The number of hydrogen-bond acceptors (Lipinski definition) is 4. The first-order valence-electron chi connectivity index (χ1n) is 5.07. The SMILES string of the molecule is CCNC(=O)COc1ccc(C(=O)O)cc1N. The highest BCUT2D eigenvalue weighted by Gasteiger charge is 2.08. The van der Waals surface area contributed by atoms with Crippen molar-refractivity contribution < 1.29 is 19.4 Å². The lowest BCUT2D eigenvalue weighted by atomic mass is 10.2. The highest BCUT2D eigenvalue weighted by Crippen LogP contribution is 2.22. The summed E-state index contributed by atoms with van der Waals surface area (Å²) in [6.45, 7) is 2.17. The van der Waals surface area contributed by atoms with Crippen LogP contribution in [-0.2, 0) is 4.79 Å². The van der Waals surface area contributed by atoms with Crippen LogP contribution in [0.25, 0.3) is 0 Å². The van der Waals surface area contributed by atoms with Gasteiger partial charge < -0.3 is 20.9 Å². The Morgan fingerprint density at radius 2 is 2.18 bits per heavy atom. The molecule has 1 aromatic carbocycles. The molecule has 1 amide bonds. The fourth-order valence-electron chi connectivity index (χ4n) is 1.20. The van der Waals surface area contributed by atoms with E-state index in [0.29, 0.717) is 12.3 Å². The Kier molecular flexibility index (Phi) is 4.33. The monoisotopic (exact) mass is 238 g/mol. The zero-order valence-electron chi connectivity index (χ0n) is 9.40. The summed E-state index contributed by atoms with van der Waals surface area (Å²) in [5.41, 5.74) is 5.87. The van der Waals surface area contributed by atoms with Gasteiger partial charge in [-0.25, -0.2) is 4.79 Å². The molecule has 92 valence electrons. The first-order valence-corrected chi connectivity index (χ1v) is 5.07. The lowest BCUT2D eigenvalue weighted by molar-refractivity contribution is -0.122. The molecular formula is C11H14N2O4. The summed E-state index contributed by atoms with van der Waals surface area (Å²) in [5, 5.41) is 11.3. The summed E-state index contributed by atoms with van der Waals surface area (Å²) in [6, 6.07) is 4.08. The molecule has 0 fully saturated rings. The number of ether oxygens (including phenoxy) is 1. The number of anilines is 1. The zero-order valence-corrected chi connectivity index (χ0v) is 9.40. The summed E-state index contributed by atoms with van der Waals surface area (Å²) in [5.74, 6) is -1.03. The standard InChI is InChI=1S/C11H14N2O4/c1-2-13-10(14)6-17-9-4-3-7(11(15)16)5-8(9)12/h3-5H,2,6,12H2,1H3,(H,13,14)(H,15,16). The fourth-order valence-corrected chi connectivity index (χ4v) is 1.20. The van der Waals surface area contributed by atoms with Crippen LogP contribution in [-0.4, -0.2) is 30.1 Å². The molecule has 1 aromatic rings. The zero-order chi connectivity index (χ0) is 12.8. The Morgan fingerprint density at radius 1 is 1.47 bits per heavy atom. The van der Waals surface area contributed by atoms with E-state index in [1.54, 1.807) is 6.92 Å². The van der Waals surface area contributed by atoms with Crippen LogP contribution >= 0.6 is 0 Å². The Hall–Kier alpha value is -2.24. The van der Waals surface area contributed by atoms with Crippen LogP contribution in [0.5, 0.6) is 5.75 Å². The summed E-state index contributed by atoms with van der Waals surface area (Å²) in [4.78, 5) is 21.8. The highest BCUT2D eigenvalue weighted by atomic mass is 16.5. The Balaban J connectivity index is 2.66. The number of nitrogen functional groups attached to an aromatic ring is 1. The van der Waals surface area contributed by atoms with E-state index >= 15 is 0 Å². The molecule has 0 unspecified atom stereocenters. The van der Waals surface area contributed by atoms with Crippen LogP contribution in [0.2, 0.25) is 0 Å². The normalized spacial score (nSPS) is 9.71. The van der Waals surface area contributed by atoms with Gasteiger partial charge in [0.05, 0.1) is 11.3 Å². The summed E-state index contributed by atoms with van der Waals surface area (Å²) < 4.78 is 5.16. The van der Waals surface area contributed by atoms with Crippen LogP contribution in [0.15, 0.2) is 18.2 Å². The topological polar surface area (TPSA) is 102 Å². The Labute approximate surface area is 98.4 Å². The number of nitrogens with two attached hydrogens (primary N) is 1. The number of hydrogen-bond donors (Lipinski definition) is 3. The van der Waals surface area contributed by atoms with Crippen molar-refractivity contribution in [3.05, 3.63) is 23.8 Å². The molecule has 0 aliphatic rings. The van der Waals surface area contributed by atoms with Crippen molar-refractivity contribution in [3.63, 3.8) is 0 Å². The smallest absolute Gasteiger partial charge is 0.335 e. The molecule has 0 spiro atoms. The minimum Gasteiger partial charge on any atom is -0.482 e. The van der Waals surface area contributed by atoms with Gasteiger partial charge in [0, 0.05) is 6.54 Å². The third-order valence-corrected chi connectivity index (χ3v) is 1.99. The third-order valence-electron chi connectivity index (χ3n) is 1.99. The van der Waals surface area contributed by atoms with Crippen LogP contribution in [0.4, 0.5) is 5.69 Å². The number of rotatable bonds is 5. The molecule has 4 N–H and O–H groups in total.